The van der Waals surface area contributed by atoms with Crippen LogP contribution in [0.1, 0.15) is 35.6 Å². The van der Waals surface area contributed by atoms with Crippen molar-refractivity contribution in [3.63, 3.8) is 0 Å². The third-order valence-electron chi connectivity index (χ3n) is 6.84. The Morgan fingerprint density at radius 2 is 1.74 bits per heavy atom. The van der Waals surface area contributed by atoms with E-state index in [0.29, 0.717) is 24.5 Å². The molecule has 0 saturated carbocycles. The summed E-state index contributed by atoms with van der Waals surface area (Å²) in [4.78, 5) is 18.7. The zero-order valence-corrected chi connectivity index (χ0v) is 19.9. The van der Waals surface area contributed by atoms with Gasteiger partial charge < -0.3 is 19.4 Å². The molecule has 1 aromatic heterocycles. The smallest absolute Gasteiger partial charge is 0.223 e. The maximum atomic E-state index is 13.0. The van der Waals surface area contributed by atoms with E-state index in [9.17, 15) is 4.79 Å². The predicted molar refractivity (Wildman–Crippen MR) is 135 cm³/mol. The van der Waals surface area contributed by atoms with Crippen molar-refractivity contribution in [1.82, 2.24) is 9.88 Å². The highest BCUT2D eigenvalue weighted by atomic mass is 16.5. The van der Waals surface area contributed by atoms with Crippen LogP contribution < -0.4 is 9.47 Å². The number of aryl methyl sites for hydroxylation is 1. The van der Waals surface area contributed by atoms with Gasteiger partial charge in [0.05, 0.1) is 26.0 Å². The van der Waals surface area contributed by atoms with Crippen LogP contribution in [0.25, 0.3) is 22.2 Å². The molecule has 0 unspecified atom stereocenters. The number of para-hydroxylation sites is 1. The number of nitrogens with one attached hydrogen (secondary N) is 1. The number of benzene rings is 3. The maximum absolute atomic E-state index is 13.0. The molecule has 5 rings (SSSR count). The summed E-state index contributed by atoms with van der Waals surface area (Å²) in [6.45, 7) is 2.76. The van der Waals surface area contributed by atoms with Crippen molar-refractivity contribution < 1.29 is 14.3 Å². The Morgan fingerprint density at radius 1 is 0.971 bits per heavy atom. The number of carbonyl (C=O) groups excluding carboxylic acids is 1. The topological polar surface area (TPSA) is 54.6 Å². The van der Waals surface area contributed by atoms with Crippen molar-refractivity contribution in [1.29, 1.82) is 0 Å². The van der Waals surface area contributed by atoms with E-state index in [-0.39, 0.29) is 11.9 Å². The second kappa shape index (κ2) is 9.26. The van der Waals surface area contributed by atoms with Crippen LogP contribution in [-0.2, 0) is 11.2 Å². The summed E-state index contributed by atoms with van der Waals surface area (Å²) in [6.07, 6.45) is 2.15. The average Bonchev–Trinajstić information content (AvgIpc) is 3.42. The van der Waals surface area contributed by atoms with Gasteiger partial charge in [0.2, 0.25) is 5.91 Å². The zero-order chi connectivity index (χ0) is 23.7. The number of likely N-dealkylation sites (tertiary alicyclic amines) is 1. The number of rotatable bonds is 7. The van der Waals surface area contributed by atoms with Gasteiger partial charge in [0.15, 0.2) is 11.5 Å². The molecular formula is C29H30N2O3. The first-order chi connectivity index (χ1) is 16.6. The molecule has 3 aromatic carbocycles. The number of aromatic amines is 1. The Labute approximate surface area is 200 Å². The molecule has 1 fully saturated rings. The van der Waals surface area contributed by atoms with Crippen molar-refractivity contribution in [2.45, 2.75) is 32.2 Å². The van der Waals surface area contributed by atoms with E-state index in [1.807, 2.05) is 18.2 Å². The van der Waals surface area contributed by atoms with Gasteiger partial charge in [-0.05, 0) is 49.1 Å². The van der Waals surface area contributed by atoms with Crippen LogP contribution in [0.5, 0.6) is 11.5 Å². The number of carbonyl (C=O) groups is 1. The van der Waals surface area contributed by atoms with Gasteiger partial charge in [-0.25, -0.2) is 0 Å². The molecule has 2 heterocycles. The van der Waals surface area contributed by atoms with Crippen molar-refractivity contribution in [2.24, 2.45) is 0 Å². The Bertz CT molecular complexity index is 1320. The standard InChI is InChI=1S/C29H30N2O3/c1-19-8-11-21(12-9-19)29-28(22-6-4-5-7-23(22)30-29)24-13-15-27(32)31(24)17-16-20-10-14-25(33-2)26(18-20)34-3/h4-12,14,18,24,30H,13,15-17H2,1-3H3/t24-/m1/s1. The summed E-state index contributed by atoms with van der Waals surface area (Å²) in [7, 11) is 3.28. The number of fused-ring (bicyclic) bond motifs is 1. The minimum atomic E-state index is 0.0418. The molecule has 1 aliphatic rings. The SMILES string of the molecule is COc1ccc(CCN2C(=O)CC[C@@H]2c2c(-c3ccc(C)cc3)[nH]c3ccccc23)cc1OC. The number of aromatic nitrogens is 1. The summed E-state index contributed by atoms with van der Waals surface area (Å²) >= 11 is 0. The molecule has 4 aromatic rings. The minimum Gasteiger partial charge on any atom is -0.493 e. The largest absolute Gasteiger partial charge is 0.493 e. The lowest BCUT2D eigenvalue weighted by molar-refractivity contribution is -0.129. The van der Waals surface area contributed by atoms with E-state index < -0.39 is 0 Å². The number of nitrogens with zero attached hydrogens (tertiary/aromatic N) is 1. The van der Waals surface area contributed by atoms with Crippen LogP contribution >= 0.6 is 0 Å². The number of ether oxygens (including phenoxy) is 2. The summed E-state index contributed by atoms with van der Waals surface area (Å²) in [6, 6.07) is 23.0. The molecule has 1 atom stereocenters. The van der Waals surface area contributed by atoms with Crippen LogP contribution in [0, 0.1) is 6.92 Å². The minimum absolute atomic E-state index is 0.0418. The first kappa shape index (κ1) is 22.1. The van der Waals surface area contributed by atoms with Crippen LogP contribution in [-0.4, -0.2) is 36.6 Å². The monoisotopic (exact) mass is 454 g/mol. The second-order valence-corrected chi connectivity index (χ2v) is 8.91. The van der Waals surface area contributed by atoms with E-state index in [1.165, 1.54) is 16.5 Å². The van der Waals surface area contributed by atoms with Crippen LogP contribution in [0.3, 0.4) is 0 Å². The molecule has 0 aliphatic carbocycles. The van der Waals surface area contributed by atoms with Crippen molar-refractivity contribution in [3.8, 4) is 22.8 Å². The highest BCUT2D eigenvalue weighted by Gasteiger charge is 2.35. The normalized spacial score (nSPS) is 15.8. The van der Waals surface area contributed by atoms with E-state index in [4.69, 9.17) is 9.47 Å². The number of hydrogen-bond donors (Lipinski definition) is 1. The number of methoxy groups -OCH3 is 2. The fourth-order valence-electron chi connectivity index (χ4n) is 5.06. The van der Waals surface area contributed by atoms with E-state index in [1.54, 1.807) is 14.2 Å². The van der Waals surface area contributed by atoms with Gasteiger partial charge in [0.1, 0.15) is 0 Å². The van der Waals surface area contributed by atoms with Gasteiger partial charge in [0.25, 0.3) is 0 Å². The van der Waals surface area contributed by atoms with Crippen molar-refractivity contribution >= 4 is 16.8 Å². The summed E-state index contributed by atoms with van der Waals surface area (Å²) < 4.78 is 10.8. The van der Waals surface area contributed by atoms with Crippen molar-refractivity contribution in [3.05, 3.63) is 83.4 Å². The molecular weight excluding hydrogens is 424 g/mol. The van der Waals surface area contributed by atoms with Gasteiger partial charge in [-0.3, -0.25) is 4.79 Å². The van der Waals surface area contributed by atoms with Gasteiger partial charge in [-0.1, -0.05) is 54.1 Å². The molecule has 1 aliphatic heterocycles. The zero-order valence-electron chi connectivity index (χ0n) is 19.9. The number of hydrogen-bond acceptors (Lipinski definition) is 3. The van der Waals surface area contributed by atoms with E-state index in [2.05, 4.69) is 65.3 Å². The third-order valence-corrected chi connectivity index (χ3v) is 6.84. The molecule has 0 spiro atoms. The lowest BCUT2D eigenvalue weighted by atomic mass is 9.96. The van der Waals surface area contributed by atoms with Gasteiger partial charge >= 0.3 is 0 Å². The summed E-state index contributed by atoms with van der Waals surface area (Å²) in [5.41, 5.74) is 6.93. The molecule has 1 saturated heterocycles. The summed E-state index contributed by atoms with van der Waals surface area (Å²) in [5, 5.41) is 1.19. The molecule has 34 heavy (non-hydrogen) atoms. The maximum Gasteiger partial charge on any atom is 0.223 e. The third kappa shape index (κ3) is 4.03. The Morgan fingerprint density at radius 3 is 2.50 bits per heavy atom. The lowest BCUT2D eigenvalue weighted by Crippen LogP contribution is -2.30. The van der Waals surface area contributed by atoms with Gasteiger partial charge in [-0.15, -0.1) is 0 Å². The Balaban J connectivity index is 1.49. The fourth-order valence-corrected chi connectivity index (χ4v) is 5.06. The molecule has 1 N–H and O–H groups in total. The van der Waals surface area contributed by atoms with Crippen molar-refractivity contribution in [2.75, 3.05) is 20.8 Å². The Kier molecular flexibility index (Phi) is 6.01. The van der Waals surface area contributed by atoms with Gasteiger partial charge in [0, 0.05) is 29.4 Å². The van der Waals surface area contributed by atoms with Crippen LogP contribution in [0.2, 0.25) is 0 Å². The van der Waals surface area contributed by atoms with Gasteiger partial charge in [-0.2, -0.15) is 0 Å². The highest BCUT2D eigenvalue weighted by molar-refractivity contribution is 5.92. The first-order valence-electron chi connectivity index (χ1n) is 11.8. The van der Waals surface area contributed by atoms with E-state index >= 15 is 0 Å². The fraction of sp³-hybridized carbons (Fsp3) is 0.276. The Hall–Kier alpha value is -3.73. The molecule has 5 heteroatoms. The quantitative estimate of drug-likeness (QED) is 0.369. The first-order valence-corrected chi connectivity index (χ1v) is 11.8. The van der Waals surface area contributed by atoms with E-state index in [0.717, 1.165) is 35.2 Å². The summed E-state index contributed by atoms with van der Waals surface area (Å²) in [5.74, 6) is 1.64. The molecule has 0 radical (unpaired) electrons. The number of H-pyrrole nitrogens is 1. The average molecular weight is 455 g/mol. The number of amides is 1. The second-order valence-electron chi connectivity index (χ2n) is 8.91. The van der Waals surface area contributed by atoms with Crippen LogP contribution in [0.4, 0.5) is 0 Å². The highest BCUT2D eigenvalue weighted by Crippen LogP contribution is 2.42. The van der Waals surface area contributed by atoms with Crippen LogP contribution in [0.15, 0.2) is 66.7 Å². The molecule has 174 valence electrons. The lowest BCUT2D eigenvalue weighted by Gasteiger charge is -2.26. The molecule has 1 amide bonds. The molecule has 0 bridgehead atoms. The molecule has 5 nitrogen and oxygen atoms in total. The predicted octanol–water partition coefficient (Wildman–Crippen LogP) is 6.07.